The maximum atomic E-state index is 13.9. The molecule has 0 aromatic heterocycles. The highest BCUT2D eigenvalue weighted by atomic mass is 19.1. The van der Waals surface area contributed by atoms with Crippen LogP contribution in [-0.4, -0.2) is 35.4 Å². The number of hydrogen-bond donors (Lipinski definition) is 2. The van der Waals surface area contributed by atoms with Crippen LogP contribution in [0.15, 0.2) is 18.2 Å². The van der Waals surface area contributed by atoms with E-state index in [0.717, 1.165) is 0 Å². The molecule has 3 N–H and O–H groups in total. The molecule has 1 aromatic carbocycles. The Morgan fingerprint density at radius 2 is 2.00 bits per heavy atom. The lowest BCUT2D eigenvalue weighted by Crippen LogP contribution is -2.68. The molecule has 132 valence electrons. The number of nitrogens with two attached hydrogens (primary N) is 1. The lowest BCUT2D eigenvalue weighted by molar-refractivity contribution is -0.178. The van der Waals surface area contributed by atoms with Gasteiger partial charge in [0.1, 0.15) is 11.4 Å². The van der Waals surface area contributed by atoms with E-state index in [9.17, 15) is 14.3 Å². The average Bonchev–Trinajstić information content (AvgIpc) is 2.30. The van der Waals surface area contributed by atoms with Gasteiger partial charge in [0.05, 0.1) is 17.7 Å². The van der Waals surface area contributed by atoms with Crippen molar-refractivity contribution in [1.29, 1.82) is 0 Å². The molecule has 1 aromatic rings. The van der Waals surface area contributed by atoms with E-state index < -0.39 is 11.2 Å². The minimum absolute atomic E-state index is 0.0161. The number of aliphatic hydroxyl groups is 1. The summed E-state index contributed by atoms with van der Waals surface area (Å²) in [6, 6.07) is 4.69. The molecule has 1 aliphatic carbocycles. The van der Waals surface area contributed by atoms with Gasteiger partial charge in [0.15, 0.2) is 0 Å². The molecule has 0 unspecified atom stereocenters. The van der Waals surface area contributed by atoms with Crippen LogP contribution in [0.25, 0.3) is 0 Å². The summed E-state index contributed by atoms with van der Waals surface area (Å²) in [6.45, 7) is 6.79. The maximum absolute atomic E-state index is 13.9. The van der Waals surface area contributed by atoms with Gasteiger partial charge in [-0.2, -0.15) is 0 Å². The van der Waals surface area contributed by atoms with Crippen molar-refractivity contribution >= 4 is 17.3 Å². The minimum atomic E-state index is -0.992. The second-order valence-corrected chi connectivity index (χ2v) is 8.41. The molecule has 6 heteroatoms. The first-order chi connectivity index (χ1) is 11.0. The largest absolute Gasteiger partial charge is 0.460 e. The first kappa shape index (κ1) is 17.0. The van der Waals surface area contributed by atoms with Crippen LogP contribution in [-0.2, 0) is 9.53 Å². The highest BCUT2D eigenvalue weighted by molar-refractivity contribution is 5.71. The summed E-state index contributed by atoms with van der Waals surface area (Å²) >= 11 is 0. The smallest absolute Gasteiger partial charge is 0.309 e. The second-order valence-electron chi connectivity index (χ2n) is 8.41. The third-order valence-corrected chi connectivity index (χ3v) is 4.67. The second kappa shape index (κ2) is 5.34. The standard InChI is InChI=1S/C18H25FN2O3/c1-16(2,3)24-15(22)7-18(23)8-17(9-18)10-21(11-17)14-5-4-12(20)6-13(14)19/h4-6,23H,7-11,20H2,1-3H3. The molecule has 2 fully saturated rings. The van der Waals surface area contributed by atoms with Crippen molar-refractivity contribution in [2.45, 2.75) is 51.2 Å². The van der Waals surface area contributed by atoms with Gasteiger partial charge in [-0.15, -0.1) is 0 Å². The average molecular weight is 336 g/mol. The van der Waals surface area contributed by atoms with Gasteiger partial charge in [-0.05, 0) is 51.8 Å². The van der Waals surface area contributed by atoms with Crippen LogP contribution in [0.2, 0.25) is 0 Å². The summed E-state index contributed by atoms with van der Waals surface area (Å²) in [7, 11) is 0. The van der Waals surface area contributed by atoms with Crippen molar-refractivity contribution in [1.82, 2.24) is 0 Å². The van der Waals surface area contributed by atoms with Gasteiger partial charge in [-0.25, -0.2) is 4.39 Å². The Morgan fingerprint density at radius 1 is 1.38 bits per heavy atom. The Bertz CT molecular complexity index is 655. The topological polar surface area (TPSA) is 75.8 Å². The highest BCUT2D eigenvalue weighted by Gasteiger charge is 2.60. The monoisotopic (exact) mass is 336 g/mol. The molecule has 0 atom stereocenters. The minimum Gasteiger partial charge on any atom is -0.460 e. The number of anilines is 2. The molecular weight excluding hydrogens is 311 g/mol. The fraction of sp³-hybridized carbons (Fsp3) is 0.611. The van der Waals surface area contributed by atoms with E-state index in [1.165, 1.54) is 6.07 Å². The van der Waals surface area contributed by atoms with Gasteiger partial charge in [0.2, 0.25) is 0 Å². The fourth-order valence-electron chi connectivity index (χ4n) is 4.05. The first-order valence-electron chi connectivity index (χ1n) is 8.24. The Labute approximate surface area is 141 Å². The molecule has 0 radical (unpaired) electrons. The molecule has 1 heterocycles. The Kier molecular flexibility index (Phi) is 3.79. The Balaban J connectivity index is 1.53. The maximum Gasteiger partial charge on any atom is 0.309 e. The summed E-state index contributed by atoms with van der Waals surface area (Å²) in [5.74, 6) is -0.700. The van der Waals surface area contributed by atoms with E-state index in [1.807, 2.05) is 25.7 Å². The van der Waals surface area contributed by atoms with Crippen molar-refractivity contribution in [2.75, 3.05) is 23.7 Å². The molecule has 0 amide bonds. The van der Waals surface area contributed by atoms with Crippen LogP contribution in [0, 0.1) is 11.2 Å². The zero-order chi connectivity index (χ0) is 17.8. The predicted molar refractivity (Wildman–Crippen MR) is 90.1 cm³/mol. The predicted octanol–water partition coefficient (Wildman–Crippen LogP) is 2.47. The molecular formula is C18H25FN2O3. The molecule has 1 saturated heterocycles. The number of esters is 1. The number of carbonyl (C=O) groups is 1. The number of rotatable bonds is 3. The van der Waals surface area contributed by atoms with Gasteiger partial charge in [-0.1, -0.05) is 0 Å². The van der Waals surface area contributed by atoms with Crippen molar-refractivity contribution < 1.29 is 19.0 Å². The number of nitrogens with zero attached hydrogens (tertiary/aromatic N) is 1. The normalized spacial score (nSPS) is 21.1. The van der Waals surface area contributed by atoms with E-state index in [2.05, 4.69) is 0 Å². The molecule has 1 aliphatic heterocycles. The summed E-state index contributed by atoms with van der Waals surface area (Å²) in [5.41, 5.74) is 4.95. The third kappa shape index (κ3) is 3.34. The fourth-order valence-corrected chi connectivity index (χ4v) is 4.05. The molecule has 1 spiro atoms. The number of halogens is 1. The summed E-state index contributed by atoms with van der Waals surface area (Å²) in [6.07, 6.45) is 1.11. The molecule has 5 nitrogen and oxygen atoms in total. The van der Waals surface area contributed by atoms with E-state index in [4.69, 9.17) is 10.5 Å². The number of carbonyl (C=O) groups excluding carboxylic acids is 1. The first-order valence-corrected chi connectivity index (χ1v) is 8.24. The summed E-state index contributed by atoms with van der Waals surface area (Å²) < 4.78 is 19.2. The van der Waals surface area contributed by atoms with Crippen LogP contribution in [0.5, 0.6) is 0 Å². The Morgan fingerprint density at radius 3 is 2.54 bits per heavy atom. The van der Waals surface area contributed by atoms with Crippen LogP contribution in [0.4, 0.5) is 15.8 Å². The summed E-state index contributed by atoms with van der Waals surface area (Å²) in [4.78, 5) is 13.8. The highest BCUT2D eigenvalue weighted by Crippen LogP contribution is 2.56. The van der Waals surface area contributed by atoms with E-state index >= 15 is 0 Å². The number of nitrogen functional groups attached to an aromatic ring is 1. The molecule has 3 rings (SSSR count). The van der Waals surface area contributed by atoms with Crippen LogP contribution in [0.1, 0.15) is 40.0 Å². The van der Waals surface area contributed by atoms with Gasteiger partial charge in [0, 0.05) is 24.2 Å². The van der Waals surface area contributed by atoms with Crippen LogP contribution in [0.3, 0.4) is 0 Å². The zero-order valence-electron chi connectivity index (χ0n) is 14.4. The zero-order valence-corrected chi connectivity index (χ0v) is 14.4. The lowest BCUT2D eigenvalue weighted by Gasteiger charge is -2.63. The van der Waals surface area contributed by atoms with Crippen molar-refractivity contribution in [2.24, 2.45) is 5.41 Å². The van der Waals surface area contributed by atoms with Crippen molar-refractivity contribution in [3.63, 3.8) is 0 Å². The lowest BCUT2D eigenvalue weighted by atomic mass is 9.54. The number of ether oxygens (including phenoxy) is 1. The number of hydrogen-bond acceptors (Lipinski definition) is 5. The van der Waals surface area contributed by atoms with Crippen molar-refractivity contribution in [3.8, 4) is 0 Å². The van der Waals surface area contributed by atoms with E-state index in [0.29, 0.717) is 37.3 Å². The Hall–Kier alpha value is -1.82. The van der Waals surface area contributed by atoms with Gasteiger partial charge in [-0.3, -0.25) is 4.79 Å². The van der Waals surface area contributed by atoms with Gasteiger partial charge >= 0.3 is 5.97 Å². The van der Waals surface area contributed by atoms with E-state index in [-0.39, 0.29) is 23.6 Å². The number of benzene rings is 1. The van der Waals surface area contributed by atoms with Crippen LogP contribution >= 0.6 is 0 Å². The third-order valence-electron chi connectivity index (χ3n) is 4.67. The molecule has 24 heavy (non-hydrogen) atoms. The molecule has 1 saturated carbocycles. The quantitative estimate of drug-likeness (QED) is 0.655. The van der Waals surface area contributed by atoms with Gasteiger partial charge in [0.25, 0.3) is 0 Å². The summed E-state index contributed by atoms with van der Waals surface area (Å²) in [5, 5.41) is 10.5. The molecule has 2 aliphatic rings. The SMILES string of the molecule is CC(C)(C)OC(=O)CC1(O)CC2(CN(c3ccc(N)cc3F)C2)C1. The van der Waals surface area contributed by atoms with Gasteiger partial charge < -0.3 is 20.5 Å². The van der Waals surface area contributed by atoms with Crippen molar-refractivity contribution in [3.05, 3.63) is 24.0 Å². The van der Waals surface area contributed by atoms with Crippen LogP contribution < -0.4 is 10.6 Å². The molecule has 0 bridgehead atoms. The van der Waals surface area contributed by atoms with E-state index in [1.54, 1.807) is 12.1 Å².